The number of rotatable bonds is 23. The number of aromatic nitrogens is 4. The zero-order valence-corrected chi connectivity index (χ0v) is 78.5. The van der Waals surface area contributed by atoms with Gasteiger partial charge in [0.05, 0.1) is 94.2 Å². The van der Waals surface area contributed by atoms with Crippen molar-refractivity contribution < 1.29 is 71.6 Å². The van der Waals surface area contributed by atoms with Crippen molar-refractivity contribution in [3.63, 3.8) is 0 Å². The number of benzene rings is 12. The molecule has 3 N–H and O–H groups in total. The zero-order chi connectivity index (χ0) is 94.6. The number of fused-ring (bicyclic) bond motifs is 4. The Kier molecular flexibility index (Phi) is 35.1. The lowest BCUT2D eigenvalue weighted by Crippen LogP contribution is -2.32. The van der Waals surface area contributed by atoms with Gasteiger partial charge in [0.2, 0.25) is 0 Å². The van der Waals surface area contributed by atoms with E-state index in [2.05, 4.69) is 67.5 Å². The lowest BCUT2D eigenvalue weighted by molar-refractivity contribution is -0.193. The number of methoxy groups -OCH3 is 2. The molecular formula is C100H82Cl9N7O15. The maximum absolute atomic E-state index is 14.7. The average molecular weight is 1940 g/mol. The zero-order valence-electron chi connectivity index (χ0n) is 71.7. The first kappa shape index (κ1) is 99.5. The first-order chi connectivity index (χ1) is 63.0. The van der Waals surface area contributed by atoms with Crippen LogP contribution in [0.1, 0.15) is 153 Å². The number of nitrogens with two attached hydrogens (primary N) is 1. The number of nitrogens with one attached hydrogen (secondary N) is 1. The minimum absolute atomic E-state index is 0.00517. The molecule has 1 amide bonds. The van der Waals surface area contributed by atoms with E-state index in [9.17, 15) is 28.8 Å². The SMILES string of the molecule is CCCCCN(Cc1ccc(C)cc1)C(=O)c1ccc2c3ncc(C)c4c(C(=O)Oc5c(Cl)cc(Cl)cc5Cl)ccc(c5ncc(C(=O)OC)c1c25)c43.CCCCCNCc1ccc(C)cc1.COC(=O)c1cnc2c3ccc(C(=O)Oc4c(Cl)cc(Cl)cc4Cl)c4c(C)cnc(c5ccc(C(=O)Oc6c(Cl)cc(Cl)cc6Cl)c1c52)c43.NCCc1ccccc1.O=C=O.O=C=O. The van der Waals surface area contributed by atoms with E-state index in [-0.39, 0.29) is 109 Å². The van der Waals surface area contributed by atoms with Gasteiger partial charge in [0, 0.05) is 130 Å². The third-order valence-corrected chi connectivity index (χ3v) is 23.5. The molecule has 4 heterocycles. The summed E-state index contributed by atoms with van der Waals surface area (Å²) >= 11 is 56.0. The van der Waals surface area contributed by atoms with Gasteiger partial charge in [-0.05, 0) is 149 Å². The molecule has 12 aromatic carbocycles. The summed E-state index contributed by atoms with van der Waals surface area (Å²) in [6.07, 6.45) is 14.3. The lowest BCUT2D eigenvalue weighted by atomic mass is 9.88. The number of hydrogen-bond donors (Lipinski definition) is 2. The summed E-state index contributed by atoms with van der Waals surface area (Å²) in [5.74, 6) is -3.97. The van der Waals surface area contributed by atoms with Crippen LogP contribution in [0.15, 0.2) is 189 Å². The molecule has 16 rings (SSSR count). The van der Waals surface area contributed by atoms with Crippen LogP contribution in [0.3, 0.4) is 0 Å². The molecule has 0 bridgehead atoms. The number of carbonyl (C=O) groups excluding carboxylic acids is 10. The molecule has 0 aliphatic rings. The molecule has 0 radical (unpaired) electrons. The van der Waals surface area contributed by atoms with E-state index in [1.54, 1.807) is 55.7 Å². The van der Waals surface area contributed by atoms with Crippen molar-refractivity contribution in [3.05, 3.63) is 306 Å². The highest BCUT2D eigenvalue weighted by atomic mass is 35.5. The minimum atomic E-state index is -0.856. The van der Waals surface area contributed by atoms with Crippen LogP contribution in [0.2, 0.25) is 45.2 Å². The summed E-state index contributed by atoms with van der Waals surface area (Å²) in [5.41, 5.74) is 16.0. The molecule has 0 fully saturated rings. The second kappa shape index (κ2) is 46.2. The number of esters is 5. The summed E-state index contributed by atoms with van der Waals surface area (Å²) in [7, 11) is 2.52. The number of hydrogen-bond acceptors (Lipinski definition) is 21. The van der Waals surface area contributed by atoms with E-state index in [0.29, 0.717) is 111 Å². The third-order valence-electron chi connectivity index (χ3n) is 21.2. The molecule has 0 saturated carbocycles. The van der Waals surface area contributed by atoms with Crippen LogP contribution in [0.4, 0.5) is 0 Å². The first-order valence-corrected chi connectivity index (χ1v) is 44.3. The molecular weight excluding hydrogens is 1860 g/mol. The van der Waals surface area contributed by atoms with Crippen molar-refractivity contribution >= 4 is 239 Å². The van der Waals surface area contributed by atoms with Gasteiger partial charge in [0.1, 0.15) is 0 Å². The van der Waals surface area contributed by atoms with E-state index in [1.807, 2.05) is 67.3 Å². The van der Waals surface area contributed by atoms with Crippen LogP contribution in [0, 0.1) is 27.7 Å². The van der Waals surface area contributed by atoms with E-state index in [0.717, 1.165) is 62.0 Å². The van der Waals surface area contributed by atoms with Gasteiger partial charge in [0.15, 0.2) is 17.2 Å². The van der Waals surface area contributed by atoms with Gasteiger partial charge in [-0.3, -0.25) is 24.7 Å². The molecule has 31 heteroatoms. The number of halogens is 9. The van der Waals surface area contributed by atoms with Gasteiger partial charge in [0.25, 0.3) is 5.91 Å². The Hall–Kier alpha value is -12.1. The highest BCUT2D eigenvalue weighted by molar-refractivity contribution is 6.44. The largest absolute Gasteiger partial charge is 0.465 e. The van der Waals surface area contributed by atoms with Gasteiger partial charge < -0.3 is 39.6 Å². The standard InChI is InChI=1S/C42H34Cl3N3O5.C35H16Cl6N2O6.C13H21N.C8H11N.2CO2/c1-5-6-7-16-48(21-24-10-8-22(2)9-11-24)40(49)28-14-12-27-36-34(28)30(41(50)52-4)20-47-38(36)26-13-15-29(33-23(3)19-46-37(27)35(26)33)42(51)53-39-31(44)17-25(43)18-32(39)45;1-13-11-42-29-17-4-6-19(35(46)49-32-23(40)9-15(37)10-24(32)41)26-20(33(44)47-2)12-43-30(28(17)26)16-3-5-18(25(13)27(16)29)34(45)48-31-21(38)7-14(36)8-22(31)39;1-3-4-5-10-14-11-13-8-6-12(2)7-9-13;9-7-6-8-4-2-1-3-5-8;2*2-1-3/h8-15,17-20H,5-7,16,21H2,1-4H3;3-12H,1-2H3;6-9,14H,3-5,10-11H2,1-2H3;1-5H,6-7,9H2;;. The molecule has 0 atom stereocenters. The molecule has 0 unspecified atom stereocenters. The van der Waals surface area contributed by atoms with Gasteiger partial charge in [-0.15, -0.1) is 0 Å². The quantitative estimate of drug-likeness (QED) is 0.0198. The van der Waals surface area contributed by atoms with Crippen molar-refractivity contribution in [2.45, 2.75) is 99.6 Å². The predicted octanol–water partition coefficient (Wildman–Crippen LogP) is 25.2. The van der Waals surface area contributed by atoms with Gasteiger partial charge >= 0.3 is 42.1 Å². The second-order valence-electron chi connectivity index (χ2n) is 30.0. The molecule has 0 aliphatic heterocycles. The third kappa shape index (κ3) is 22.9. The first-order valence-electron chi connectivity index (χ1n) is 40.9. The Morgan fingerprint density at radius 3 is 1.08 bits per heavy atom. The van der Waals surface area contributed by atoms with E-state index in [4.69, 9.17) is 168 Å². The predicted molar refractivity (Wildman–Crippen MR) is 515 cm³/mol. The van der Waals surface area contributed by atoms with Crippen LogP contribution >= 0.6 is 104 Å². The van der Waals surface area contributed by atoms with Crippen molar-refractivity contribution in [2.75, 3.05) is 33.9 Å². The minimum Gasteiger partial charge on any atom is -0.465 e. The van der Waals surface area contributed by atoms with Gasteiger partial charge in [-0.1, -0.05) is 258 Å². The lowest BCUT2D eigenvalue weighted by Gasteiger charge is -2.25. The van der Waals surface area contributed by atoms with Crippen molar-refractivity contribution in [3.8, 4) is 17.2 Å². The summed E-state index contributed by atoms with van der Waals surface area (Å²) < 4.78 is 27.4. The number of aryl methyl sites for hydroxylation is 4. The number of amides is 1. The fraction of sp³-hybridized carbons (Fsp3) is 0.200. The number of unbranched alkanes of at least 4 members (excludes halogenated alkanes) is 4. The highest BCUT2D eigenvalue weighted by Gasteiger charge is 2.32. The van der Waals surface area contributed by atoms with Gasteiger partial charge in [-0.25, -0.2) is 24.0 Å². The maximum atomic E-state index is 14.7. The molecule has 0 saturated heterocycles. The smallest absolute Gasteiger partial charge is 0.373 e. The Morgan fingerprint density at radius 2 is 0.718 bits per heavy atom. The molecule has 4 aromatic heterocycles. The van der Waals surface area contributed by atoms with Crippen LogP contribution in [0.5, 0.6) is 17.2 Å². The molecule has 0 aliphatic carbocycles. The van der Waals surface area contributed by atoms with Crippen LogP contribution in [0.25, 0.3) is 86.7 Å². The Balaban J connectivity index is 0.000000194. The summed E-state index contributed by atoms with van der Waals surface area (Å²) in [4.78, 5) is 136. The maximum Gasteiger partial charge on any atom is 0.373 e. The number of nitrogens with zero attached hydrogens (tertiary/aromatic N) is 5. The summed E-state index contributed by atoms with van der Waals surface area (Å²) in [6, 6.07) is 49.1. The van der Waals surface area contributed by atoms with E-state index >= 15 is 0 Å². The molecule has 22 nitrogen and oxygen atoms in total. The van der Waals surface area contributed by atoms with E-state index in [1.165, 1.54) is 105 Å². The van der Waals surface area contributed by atoms with Crippen molar-refractivity contribution in [1.82, 2.24) is 30.2 Å². The summed E-state index contributed by atoms with van der Waals surface area (Å²) in [5, 5.41) is 11.2. The highest BCUT2D eigenvalue weighted by Crippen LogP contribution is 2.48. The monoisotopic (exact) mass is 1940 g/mol. The topological polar surface area (TPSA) is 310 Å². The fourth-order valence-electron chi connectivity index (χ4n) is 15.2. The van der Waals surface area contributed by atoms with Crippen molar-refractivity contribution in [2.24, 2.45) is 5.73 Å². The second-order valence-corrected chi connectivity index (χ2v) is 33.7. The van der Waals surface area contributed by atoms with E-state index < -0.39 is 29.8 Å². The Labute approximate surface area is 797 Å². The van der Waals surface area contributed by atoms with Crippen LogP contribution < -0.4 is 25.3 Å². The molecule has 670 valence electrons. The average Bonchev–Trinajstić information content (AvgIpc) is 0.704. The molecule has 131 heavy (non-hydrogen) atoms. The van der Waals surface area contributed by atoms with Crippen molar-refractivity contribution in [1.29, 1.82) is 0 Å². The molecule has 16 aromatic rings. The van der Waals surface area contributed by atoms with Crippen LogP contribution in [-0.2, 0) is 48.2 Å². The number of pyridine rings is 4. The molecule has 0 spiro atoms. The van der Waals surface area contributed by atoms with Crippen LogP contribution in [-0.4, -0.2) is 107 Å². The Morgan fingerprint density at radius 1 is 0.382 bits per heavy atom. The number of ether oxygens (including phenoxy) is 5. The Bertz CT molecular complexity index is 6940. The number of carbonyl (C=O) groups is 6. The normalized spacial score (nSPS) is 10.9. The van der Waals surface area contributed by atoms with Gasteiger partial charge in [-0.2, -0.15) is 19.2 Å². The fourth-order valence-corrected chi connectivity index (χ4v) is 17.8. The summed E-state index contributed by atoms with van der Waals surface area (Å²) in [6.45, 7) is 16.0.